The molecule has 0 saturated carbocycles. The monoisotopic (exact) mass is 483 g/mol. The Kier molecular flexibility index (Phi) is 6.45. The summed E-state index contributed by atoms with van der Waals surface area (Å²) in [6, 6.07) is 12.3. The van der Waals surface area contributed by atoms with Gasteiger partial charge in [0.25, 0.3) is 0 Å². The van der Waals surface area contributed by atoms with E-state index in [1.165, 1.54) is 6.42 Å². The van der Waals surface area contributed by atoms with Gasteiger partial charge in [-0.25, -0.2) is 0 Å². The first-order valence-electron chi connectivity index (χ1n) is 13.3. The molecule has 0 bridgehead atoms. The van der Waals surface area contributed by atoms with Crippen molar-refractivity contribution in [3.63, 3.8) is 0 Å². The van der Waals surface area contributed by atoms with E-state index in [2.05, 4.69) is 27.3 Å². The second-order valence-electron chi connectivity index (χ2n) is 10.5. The molecule has 1 atom stereocenters. The molecular formula is C30H33N3O3. The molecule has 4 heterocycles. The lowest BCUT2D eigenvalue weighted by atomic mass is 9.91. The molecule has 186 valence electrons. The maximum Gasteiger partial charge on any atom is 0.222 e. The zero-order chi connectivity index (χ0) is 24.5. The molecule has 2 fully saturated rings. The van der Waals surface area contributed by atoms with Crippen molar-refractivity contribution in [1.82, 2.24) is 15.2 Å². The SMILES string of the molecule is O=C1CCc2cc(-c3oc(C4CCN(C(=O)CC5CCCNC5)CC4)cc3-c3ccncc3)ccc21. The molecule has 36 heavy (non-hydrogen) atoms. The predicted octanol–water partition coefficient (Wildman–Crippen LogP) is 5.23. The summed E-state index contributed by atoms with van der Waals surface area (Å²) in [5, 5.41) is 3.42. The number of carbonyl (C=O) groups excluding carboxylic acids is 2. The van der Waals surface area contributed by atoms with E-state index in [-0.39, 0.29) is 11.7 Å². The number of hydrogen-bond donors (Lipinski definition) is 1. The Morgan fingerprint density at radius 2 is 1.83 bits per heavy atom. The van der Waals surface area contributed by atoms with Gasteiger partial charge >= 0.3 is 0 Å². The lowest BCUT2D eigenvalue weighted by molar-refractivity contribution is -0.133. The summed E-state index contributed by atoms with van der Waals surface area (Å²) in [6.45, 7) is 3.61. The van der Waals surface area contributed by atoms with Crippen LogP contribution in [-0.2, 0) is 11.2 Å². The average Bonchev–Trinajstić information content (AvgIpc) is 3.54. The maximum atomic E-state index is 12.9. The smallest absolute Gasteiger partial charge is 0.222 e. The third kappa shape index (κ3) is 4.62. The van der Waals surface area contributed by atoms with E-state index < -0.39 is 0 Å². The summed E-state index contributed by atoms with van der Waals surface area (Å²) in [5.41, 5.74) is 5.09. The first-order valence-corrected chi connectivity index (χ1v) is 13.3. The van der Waals surface area contributed by atoms with E-state index in [9.17, 15) is 9.59 Å². The number of hydrogen-bond acceptors (Lipinski definition) is 5. The van der Waals surface area contributed by atoms with Crippen molar-refractivity contribution in [3.05, 3.63) is 65.7 Å². The van der Waals surface area contributed by atoms with Gasteiger partial charge in [0.2, 0.25) is 5.91 Å². The van der Waals surface area contributed by atoms with Crippen LogP contribution in [0.2, 0.25) is 0 Å². The summed E-state index contributed by atoms with van der Waals surface area (Å²) >= 11 is 0. The fourth-order valence-electron chi connectivity index (χ4n) is 6.06. The van der Waals surface area contributed by atoms with Crippen LogP contribution in [-0.4, -0.2) is 47.8 Å². The first-order chi connectivity index (χ1) is 17.7. The number of benzene rings is 1. The number of furan rings is 1. The van der Waals surface area contributed by atoms with Crippen molar-refractivity contribution in [2.75, 3.05) is 26.2 Å². The van der Waals surface area contributed by atoms with Gasteiger partial charge in [-0.05, 0) is 86.5 Å². The van der Waals surface area contributed by atoms with Gasteiger partial charge in [-0.15, -0.1) is 0 Å². The topological polar surface area (TPSA) is 75.4 Å². The molecule has 2 aliphatic heterocycles. The molecule has 6 heteroatoms. The fourth-order valence-corrected chi connectivity index (χ4v) is 6.06. The van der Waals surface area contributed by atoms with Crippen molar-refractivity contribution in [2.24, 2.45) is 5.92 Å². The molecule has 1 N–H and O–H groups in total. The Morgan fingerprint density at radius 1 is 1.00 bits per heavy atom. The van der Waals surface area contributed by atoms with Crippen molar-refractivity contribution < 1.29 is 14.0 Å². The number of ketones is 1. The first kappa shape index (κ1) is 23.2. The minimum atomic E-state index is 0.229. The number of aryl methyl sites for hydroxylation is 1. The van der Waals surface area contributed by atoms with Gasteiger partial charge < -0.3 is 14.6 Å². The third-order valence-electron chi connectivity index (χ3n) is 8.14. The highest BCUT2D eigenvalue weighted by molar-refractivity contribution is 6.01. The minimum absolute atomic E-state index is 0.229. The maximum absolute atomic E-state index is 12.9. The molecule has 0 spiro atoms. The van der Waals surface area contributed by atoms with Crippen LogP contribution in [0.25, 0.3) is 22.5 Å². The highest BCUT2D eigenvalue weighted by Gasteiger charge is 2.29. The number of likely N-dealkylation sites (tertiary alicyclic amines) is 1. The lowest BCUT2D eigenvalue weighted by Gasteiger charge is -2.33. The molecule has 6 nitrogen and oxygen atoms in total. The summed E-state index contributed by atoms with van der Waals surface area (Å²) in [4.78, 5) is 31.3. The fraction of sp³-hybridized carbons (Fsp3) is 0.433. The van der Waals surface area contributed by atoms with Gasteiger partial charge in [0.15, 0.2) is 5.78 Å². The van der Waals surface area contributed by atoms with Crippen molar-refractivity contribution >= 4 is 11.7 Å². The van der Waals surface area contributed by atoms with Crippen LogP contribution in [0.15, 0.2) is 53.2 Å². The third-order valence-corrected chi connectivity index (χ3v) is 8.14. The molecule has 6 rings (SSSR count). The highest BCUT2D eigenvalue weighted by atomic mass is 16.3. The summed E-state index contributed by atoms with van der Waals surface area (Å²) < 4.78 is 6.58. The van der Waals surface area contributed by atoms with E-state index in [1.54, 1.807) is 12.4 Å². The Bertz CT molecular complexity index is 1250. The summed E-state index contributed by atoms with van der Waals surface area (Å²) in [6.07, 6.45) is 9.80. The molecule has 1 amide bonds. The minimum Gasteiger partial charge on any atom is -0.460 e. The van der Waals surface area contributed by atoms with Crippen molar-refractivity contribution in [2.45, 2.75) is 50.9 Å². The van der Waals surface area contributed by atoms with E-state index in [0.717, 1.165) is 91.2 Å². The van der Waals surface area contributed by atoms with Gasteiger partial charge in [-0.1, -0.05) is 12.1 Å². The second-order valence-corrected chi connectivity index (χ2v) is 10.5. The Balaban J connectivity index is 1.22. The van der Waals surface area contributed by atoms with Crippen LogP contribution < -0.4 is 5.32 Å². The number of fused-ring (bicyclic) bond motifs is 1. The van der Waals surface area contributed by atoms with Gasteiger partial charge in [0.05, 0.1) is 0 Å². The van der Waals surface area contributed by atoms with Gasteiger partial charge in [0.1, 0.15) is 11.5 Å². The zero-order valence-corrected chi connectivity index (χ0v) is 20.7. The van der Waals surface area contributed by atoms with Crippen LogP contribution in [0.4, 0.5) is 0 Å². The van der Waals surface area contributed by atoms with E-state index in [4.69, 9.17) is 4.42 Å². The molecule has 0 radical (unpaired) electrons. The van der Waals surface area contributed by atoms with Crippen LogP contribution in [0.3, 0.4) is 0 Å². The number of Topliss-reactive ketones (excluding diaryl/α,β-unsaturated/α-hetero) is 1. The predicted molar refractivity (Wildman–Crippen MR) is 139 cm³/mol. The van der Waals surface area contributed by atoms with Crippen LogP contribution in [0.1, 0.15) is 66.1 Å². The number of carbonyl (C=O) groups is 2. The second kappa shape index (κ2) is 10.0. The Labute approximate surface area is 212 Å². The number of aromatic nitrogens is 1. The molecular weight excluding hydrogens is 450 g/mol. The van der Waals surface area contributed by atoms with E-state index in [1.807, 2.05) is 24.3 Å². The normalized spacial score (nSPS) is 20.5. The number of piperidine rings is 2. The highest BCUT2D eigenvalue weighted by Crippen LogP contribution is 2.41. The molecule has 2 saturated heterocycles. The van der Waals surface area contributed by atoms with Crippen molar-refractivity contribution in [1.29, 1.82) is 0 Å². The van der Waals surface area contributed by atoms with Crippen molar-refractivity contribution in [3.8, 4) is 22.5 Å². The van der Waals surface area contributed by atoms with Gasteiger partial charge in [0, 0.05) is 60.9 Å². The van der Waals surface area contributed by atoms with E-state index >= 15 is 0 Å². The summed E-state index contributed by atoms with van der Waals surface area (Å²) in [5.74, 6) is 3.12. The molecule has 1 unspecified atom stereocenters. The summed E-state index contributed by atoms with van der Waals surface area (Å²) in [7, 11) is 0. The molecule has 1 aromatic carbocycles. The molecule has 3 aliphatic rings. The van der Waals surface area contributed by atoms with E-state index in [0.29, 0.717) is 24.7 Å². The van der Waals surface area contributed by atoms with Crippen LogP contribution in [0, 0.1) is 5.92 Å². The average molecular weight is 484 g/mol. The Morgan fingerprint density at radius 3 is 2.61 bits per heavy atom. The number of amides is 1. The van der Waals surface area contributed by atoms with Gasteiger partial charge in [-0.2, -0.15) is 0 Å². The lowest BCUT2D eigenvalue weighted by Crippen LogP contribution is -2.40. The van der Waals surface area contributed by atoms with Gasteiger partial charge in [-0.3, -0.25) is 14.6 Å². The molecule has 3 aromatic rings. The zero-order valence-electron chi connectivity index (χ0n) is 20.7. The van der Waals surface area contributed by atoms with Crippen LogP contribution in [0.5, 0.6) is 0 Å². The number of pyridine rings is 1. The number of nitrogens with zero attached hydrogens (tertiary/aromatic N) is 2. The standard InChI is InChI=1S/C30H33N3O3/c34-27-6-4-23-17-24(3-5-25(23)27)30-26(21-7-12-31-13-8-21)18-28(36-30)22-9-14-33(15-10-22)29(35)16-20-2-1-11-32-19-20/h3,5,7-8,12-13,17-18,20,22,32H,1-2,4,6,9-11,14-16,19H2. The number of nitrogens with one attached hydrogen (secondary N) is 1. The Hall–Kier alpha value is -3.25. The molecule has 1 aliphatic carbocycles. The largest absolute Gasteiger partial charge is 0.460 e. The quantitative estimate of drug-likeness (QED) is 0.538. The number of rotatable bonds is 5. The molecule has 2 aromatic heterocycles. The van der Waals surface area contributed by atoms with Crippen LogP contribution >= 0.6 is 0 Å².